The number of nitrogens with zero attached hydrogens (tertiary/aromatic N) is 1. The van der Waals surface area contributed by atoms with Crippen LogP contribution in [0.15, 0.2) is 133 Å². The lowest BCUT2D eigenvalue weighted by Crippen LogP contribution is -1.95. The number of aromatic nitrogens is 1. The van der Waals surface area contributed by atoms with Crippen LogP contribution in [-0.2, 0) is 0 Å². The van der Waals surface area contributed by atoms with Gasteiger partial charge in [-0.3, -0.25) is 0 Å². The van der Waals surface area contributed by atoms with Crippen LogP contribution in [0.1, 0.15) is 0 Å². The molecule has 0 fully saturated rings. The highest BCUT2D eigenvalue weighted by Crippen LogP contribution is 2.46. The van der Waals surface area contributed by atoms with Crippen LogP contribution < -0.4 is 0 Å². The van der Waals surface area contributed by atoms with E-state index in [4.69, 9.17) is 0 Å². The van der Waals surface area contributed by atoms with E-state index in [9.17, 15) is 4.39 Å². The summed E-state index contributed by atoms with van der Waals surface area (Å²) in [5, 5.41) is 9.80. The van der Waals surface area contributed by atoms with E-state index in [-0.39, 0.29) is 5.82 Å². The molecule has 1 nitrogen and oxygen atoms in total. The molecular formula is C36H22FN. The number of fused-ring (bicyclic) bond motifs is 10. The highest BCUT2D eigenvalue weighted by molar-refractivity contribution is 6.37. The average molecular weight is 488 g/mol. The molecule has 0 bridgehead atoms. The van der Waals surface area contributed by atoms with Crippen molar-refractivity contribution in [2.75, 3.05) is 0 Å². The van der Waals surface area contributed by atoms with Gasteiger partial charge in [-0.2, -0.15) is 0 Å². The molecule has 2 heteroatoms. The molecule has 1 aromatic heterocycles. The Labute approximate surface area is 219 Å². The molecular weight excluding hydrogens is 465 g/mol. The lowest BCUT2D eigenvalue weighted by atomic mass is 9.88. The van der Waals surface area contributed by atoms with Gasteiger partial charge in [0.1, 0.15) is 5.82 Å². The molecule has 0 atom stereocenters. The summed E-state index contributed by atoms with van der Waals surface area (Å²) in [7, 11) is 0. The normalized spacial score (nSPS) is 11.8. The summed E-state index contributed by atoms with van der Waals surface area (Å²) in [4.78, 5) is 0. The molecule has 0 saturated carbocycles. The first kappa shape index (κ1) is 21.2. The van der Waals surface area contributed by atoms with Crippen molar-refractivity contribution in [2.45, 2.75) is 0 Å². The number of rotatable bonds is 2. The van der Waals surface area contributed by atoms with Crippen molar-refractivity contribution >= 4 is 54.1 Å². The Hall–Kier alpha value is -4.95. The minimum Gasteiger partial charge on any atom is -0.309 e. The van der Waals surface area contributed by atoms with Crippen LogP contribution in [0, 0.1) is 5.82 Å². The van der Waals surface area contributed by atoms with Gasteiger partial charge in [0.2, 0.25) is 0 Å². The fraction of sp³-hybridized carbons (Fsp3) is 0. The fourth-order valence-corrected chi connectivity index (χ4v) is 6.24. The second-order valence-electron chi connectivity index (χ2n) is 9.86. The van der Waals surface area contributed by atoms with Crippen molar-refractivity contribution in [1.29, 1.82) is 0 Å². The van der Waals surface area contributed by atoms with Crippen LogP contribution in [0.3, 0.4) is 0 Å². The molecule has 0 aliphatic carbocycles. The number of para-hydroxylation sites is 1. The van der Waals surface area contributed by atoms with E-state index in [2.05, 4.69) is 114 Å². The van der Waals surface area contributed by atoms with Crippen LogP contribution in [-0.4, -0.2) is 4.57 Å². The molecule has 0 spiro atoms. The van der Waals surface area contributed by atoms with Gasteiger partial charge >= 0.3 is 0 Å². The molecule has 0 saturated heterocycles. The van der Waals surface area contributed by atoms with Crippen molar-refractivity contribution < 1.29 is 4.39 Å². The van der Waals surface area contributed by atoms with Gasteiger partial charge in [0.15, 0.2) is 0 Å². The zero-order valence-corrected chi connectivity index (χ0v) is 20.5. The third-order valence-electron chi connectivity index (χ3n) is 7.81. The molecule has 178 valence electrons. The van der Waals surface area contributed by atoms with Crippen LogP contribution in [0.5, 0.6) is 0 Å². The maximum Gasteiger partial charge on any atom is 0.123 e. The van der Waals surface area contributed by atoms with E-state index in [1.807, 2.05) is 12.1 Å². The van der Waals surface area contributed by atoms with Gasteiger partial charge < -0.3 is 4.57 Å². The highest BCUT2D eigenvalue weighted by atomic mass is 19.1. The second kappa shape index (κ2) is 8.03. The maximum atomic E-state index is 14.0. The number of halogens is 1. The van der Waals surface area contributed by atoms with E-state index in [1.54, 1.807) is 12.1 Å². The zero-order chi connectivity index (χ0) is 25.2. The lowest BCUT2D eigenvalue weighted by Gasteiger charge is -2.16. The molecule has 0 radical (unpaired) electrons. The average Bonchev–Trinajstić information content (AvgIpc) is 3.33. The lowest BCUT2D eigenvalue weighted by molar-refractivity contribution is 0.627. The molecule has 0 unspecified atom stereocenters. The first-order valence-corrected chi connectivity index (χ1v) is 12.9. The Kier molecular flexibility index (Phi) is 4.47. The van der Waals surface area contributed by atoms with Crippen molar-refractivity contribution in [3.8, 4) is 16.8 Å². The predicted molar refractivity (Wildman–Crippen MR) is 159 cm³/mol. The molecule has 1 heterocycles. The van der Waals surface area contributed by atoms with Crippen LogP contribution in [0.4, 0.5) is 4.39 Å². The van der Waals surface area contributed by atoms with Gasteiger partial charge in [0.25, 0.3) is 0 Å². The quantitative estimate of drug-likeness (QED) is 0.214. The smallest absolute Gasteiger partial charge is 0.123 e. The maximum absolute atomic E-state index is 14.0. The minimum atomic E-state index is -0.232. The van der Waals surface area contributed by atoms with E-state index in [0.29, 0.717) is 0 Å². The molecule has 0 aliphatic heterocycles. The van der Waals surface area contributed by atoms with Gasteiger partial charge in [-0.15, -0.1) is 0 Å². The van der Waals surface area contributed by atoms with Crippen molar-refractivity contribution in [3.05, 3.63) is 139 Å². The molecule has 0 amide bonds. The third-order valence-corrected chi connectivity index (χ3v) is 7.81. The van der Waals surface area contributed by atoms with Gasteiger partial charge in [0.05, 0.1) is 11.0 Å². The van der Waals surface area contributed by atoms with Crippen molar-refractivity contribution in [2.24, 2.45) is 0 Å². The Morgan fingerprint density at radius 3 is 1.82 bits per heavy atom. The topological polar surface area (TPSA) is 4.93 Å². The van der Waals surface area contributed by atoms with Gasteiger partial charge in [-0.1, -0.05) is 97.1 Å². The van der Waals surface area contributed by atoms with Crippen molar-refractivity contribution in [3.63, 3.8) is 0 Å². The van der Waals surface area contributed by atoms with Crippen molar-refractivity contribution in [1.82, 2.24) is 4.57 Å². The molecule has 0 N–H and O–H groups in total. The Bertz CT molecular complexity index is 2170. The summed E-state index contributed by atoms with van der Waals surface area (Å²) in [5.41, 5.74) is 5.66. The van der Waals surface area contributed by atoms with Gasteiger partial charge in [-0.05, 0) is 69.1 Å². The predicted octanol–water partition coefficient (Wildman–Crippen LogP) is 10.0. The second-order valence-corrected chi connectivity index (χ2v) is 9.86. The van der Waals surface area contributed by atoms with E-state index in [0.717, 1.165) is 16.7 Å². The number of benzene rings is 7. The van der Waals surface area contributed by atoms with Crippen LogP contribution >= 0.6 is 0 Å². The molecule has 8 rings (SSSR count). The summed E-state index contributed by atoms with van der Waals surface area (Å²) in [6, 6.07) is 45.8. The van der Waals surface area contributed by atoms with Gasteiger partial charge in [0, 0.05) is 27.2 Å². The van der Waals surface area contributed by atoms with E-state index >= 15 is 0 Å². The molecule has 0 aliphatic rings. The zero-order valence-electron chi connectivity index (χ0n) is 20.5. The Morgan fingerprint density at radius 2 is 1.05 bits per heavy atom. The summed E-state index contributed by atoms with van der Waals surface area (Å²) < 4.78 is 16.3. The van der Waals surface area contributed by atoms with E-state index in [1.165, 1.54) is 54.2 Å². The Balaban J connectivity index is 1.69. The van der Waals surface area contributed by atoms with Crippen LogP contribution in [0.2, 0.25) is 0 Å². The minimum absolute atomic E-state index is 0.232. The highest BCUT2D eigenvalue weighted by Gasteiger charge is 2.21. The van der Waals surface area contributed by atoms with Gasteiger partial charge in [-0.25, -0.2) is 4.39 Å². The SMILES string of the molecule is Fc1ccc(-n2c3ccccc3c3c4c5ccccc5c(-c5ccccc5)cc4c4ccccc4c32)cc1. The molecule has 38 heavy (non-hydrogen) atoms. The Morgan fingerprint density at radius 1 is 0.447 bits per heavy atom. The summed E-state index contributed by atoms with van der Waals surface area (Å²) >= 11 is 0. The summed E-state index contributed by atoms with van der Waals surface area (Å²) in [5.74, 6) is -0.232. The first-order valence-electron chi connectivity index (χ1n) is 12.9. The monoisotopic (exact) mass is 487 g/mol. The largest absolute Gasteiger partial charge is 0.309 e. The number of hydrogen-bond donors (Lipinski definition) is 0. The standard InChI is InChI=1S/C36H22FN/c37-24-18-20-25(21-19-24)38-33-17-9-8-16-30(33)35-34-28-14-6-4-12-26(28)31(23-10-2-1-3-11-23)22-32(34)27-13-5-7-15-29(27)36(35)38/h1-22H. The molecule has 7 aromatic carbocycles. The van der Waals surface area contributed by atoms with Crippen LogP contribution in [0.25, 0.3) is 70.9 Å². The fourth-order valence-electron chi connectivity index (χ4n) is 6.24. The number of hydrogen-bond acceptors (Lipinski definition) is 0. The summed E-state index contributed by atoms with van der Waals surface area (Å²) in [6.07, 6.45) is 0. The molecule has 8 aromatic rings. The van der Waals surface area contributed by atoms with E-state index < -0.39 is 0 Å². The first-order chi connectivity index (χ1) is 18.8. The summed E-state index contributed by atoms with van der Waals surface area (Å²) in [6.45, 7) is 0. The third kappa shape index (κ3) is 2.92.